The maximum atomic E-state index is 11.1. The summed E-state index contributed by atoms with van der Waals surface area (Å²) in [6.07, 6.45) is 1.62. The number of carboxylic acids is 1. The topological polar surface area (TPSA) is 80.7 Å². The van der Waals surface area contributed by atoms with Crippen LogP contribution in [0.4, 0.5) is 0 Å². The molecule has 0 unspecified atom stereocenters. The van der Waals surface area contributed by atoms with E-state index in [1.807, 2.05) is 12.1 Å². The van der Waals surface area contributed by atoms with Crippen molar-refractivity contribution in [2.75, 3.05) is 11.5 Å². The highest BCUT2D eigenvalue weighted by atomic mass is 79.9. The lowest BCUT2D eigenvalue weighted by Gasteiger charge is -2.27. The van der Waals surface area contributed by atoms with Crippen molar-refractivity contribution in [1.82, 2.24) is 0 Å². The summed E-state index contributed by atoms with van der Waals surface area (Å²) in [6, 6.07) is 5.55. The van der Waals surface area contributed by atoms with Crippen LogP contribution in [0.25, 0.3) is 0 Å². The van der Waals surface area contributed by atoms with Crippen molar-refractivity contribution in [1.29, 1.82) is 0 Å². The normalized spacial score (nSPS) is 22.3. The number of benzene rings is 1. The Bertz CT molecular complexity index is 681. The zero-order chi connectivity index (χ0) is 15.3. The molecule has 21 heavy (non-hydrogen) atoms. The molecule has 1 aromatic rings. The first-order valence-corrected chi connectivity index (χ1v) is 9.30. The van der Waals surface area contributed by atoms with E-state index in [0.29, 0.717) is 5.75 Å². The minimum Gasteiger partial charge on any atom is -0.487 e. The molecule has 0 atom stereocenters. The quantitative estimate of drug-likeness (QED) is 0.853. The molecule has 2 aliphatic rings. The van der Waals surface area contributed by atoms with Gasteiger partial charge in [0.1, 0.15) is 11.9 Å². The van der Waals surface area contributed by atoms with E-state index in [2.05, 4.69) is 15.9 Å². The van der Waals surface area contributed by atoms with Gasteiger partial charge in [0.05, 0.1) is 22.4 Å². The third kappa shape index (κ3) is 3.08. The Labute approximate surface area is 131 Å². The summed E-state index contributed by atoms with van der Waals surface area (Å²) >= 11 is 3.42. The highest BCUT2D eigenvalue weighted by Gasteiger charge is 2.46. The molecule has 0 bridgehead atoms. The van der Waals surface area contributed by atoms with Gasteiger partial charge in [0, 0.05) is 5.41 Å². The Kier molecular flexibility index (Phi) is 3.52. The Balaban J connectivity index is 1.73. The van der Waals surface area contributed by atoms with Crippen LogP contribution in [-0.2, 0) is 20.0 Å². The number of halogens is 1. The molecule has 114 valence electrons. The number of carbonyl (C=O) groups is 1. The summed E-state index contributed by atoms with van der Waals surface area (Å²) in [7, 11) is -2.90. The molecule has 1 saturated carbocycles. The van der Waals surface area contributed by atoms with Gasteiger partial charge in [-0.2, -0.15) is 0 Å². The van der Waals surface area contributed by atoms with E-state index >= 15 is 0 Å². The summed E-state index contributed by atoms with van der Waals surface area (Å²) in [4.78, 5) is 10.9. The molecule has 1 saturated heterocycles. The first kappa shape index (κ1) is 14.8. The van der Waals surface area contributed by atoms with E-state index in [1.54, 1.807) is 6.07 Å². The molecule has 7 heteroatoms. The van der Waals surface area contributed by atoms with E-state index in [4.69, 9.17) is 9.84 Å². The number of rotatable bonds is 5. The van der Waals surface area contributed by atoms with Crippen molar-refractivity contribution in [2.24, 2.45) is 0 Å². The van der Waals surface area contributed by atoms with Crippen LogP contribution in [0.1, 0.15) is 24.8 Å². The summed E-state index contributed by atoms with van der Waals surface area (Å²) in [5.74, 6) is -0.0673. The Morgan fingerprint density at radius 2 is 2.05 bits per heavy atom. The lowest BCUT2D eigenvalue weighted by Crippen LogP contribution is -2.45. The van der Waals surface area contributed by atoms with Crippen LogP contribution in [0.5, 0.6) is 5.75 Å². The van der Waals surface area contributed by atoms with E-state index in [9.17, 15) is 13.2 Å². The Morgan fingerprint density at radius 3 is 2.52 bits per heavy atom. The number of hydrogen-bond acceptors (Lipinski definition) is 4. The fourth-order valence-electron chi connectivity index (χ4n) is 2.70. The molecule has 0 radical (unpaired) electrons. The van der Waals surface area contributed by atoms with Gasteiger partial charge in [-0.3, -0.25) is 4.79 Å². The van der Waals surface area contributed by atoms with E-state index in [1.165, 1.54) is 0 Å². The van der Waals surface area contributed by atoms with Gasteiger partial charge in [-0.1, -0.05) is 6.07 Å². The van der Waals surface area contributed by atoms with Crippen LogP contribution in [0.15, 0.2) is 22.7 Å². The fourth-order valence-corrected chi connectivity index (χ4v) is 4.34. The van der Waals surface area contributed by atoms with Crippen molar-refractivity contribution in [3.63, 3.8) is 0 Å². The first-order valence-electron chi connectivity index (χ1n) is 6.69. The highest BCUT2D eigenvalue weighted by molar-refractivity contribution is 9.10. The molecule has 0 spiro atoms. The minimum atomic E-state index is -2.90. The van der Waals surface area contributed by atoms with Gasteiger partial charge in [-0.05, 0) is 46.5 Å². The summed E-state index contributed by atoms with van der Waals surface area (Å²) in [5.41, 5.74) is 0.748. The SMILES string of the molecule is O=C(O)CC1(c2ccc(OC3CS(=O)(=O)C3)c(Br)c2)CC1. The van der Waals surface area contributed by atoms with Crippen molar-refractivity contribution < 1.29 is 23.1 Å². The van der Waals surface area contributed by atoms with Crippen LogP contribution in [0, 0.1) is 0 Å². The molecule has 5 nitrogen and oxygen atoms in total. The monoisotopic (exact) mass is 374 g/mol. The average Bonchev–Trinajstić information content (AvgIpc) is 3.09. The smallest absolute Gasteiger partial charge is 0.304 e. The van der Waals surface area contributed by atoms with Gasteiger partial charge in [-0.15, -0.1) is 0 Å². The maximum Gasteiger partial charge on any atom is 0.304 e. The second-order valence-electron chi connectivity index (χ2n) is 5.81. The zero-order valence-corrected chi connectivity index (χ0v) is 13.6. The van der Waals surface area contributed by atoms with Gasteiger partial charge >= 0.3 is 5.97 Å². The van der Waals surface area contributed by atoms with Gasteiger partial charge in [0.15, 0.2) is 9.84 Å². The van der Waals surface area contributed by atoms with Gasteiger partial charge in [0.25, 0.3) is 0 Å². The zero-order valence-electron chi connectivity index (χ0n) is 11.2. The molecule has 1 aliphatic heterocycles. The molecule has 2 fully saturated rings. The molecular weight excluding hydrogens is 360 g/mol. The van der Waals surface area contributed by atoms with Crippen molar-refractivity contribution in [3.05, 3.63) is 28.2 Å². The summed E-state index contributed by atoms with van der Waals surface area (Å²) in [6.45, 7) is 0. The van der Waals surface area contributed by atoms with Crippen molar-refractivity contribution in [2.45, 2.75) is 30.8 Å². The lowest BCUT2D eigenvalue weighted by atomic mass is 9.92. The van der Waals surface area contributed by atoms with Crippen LogP contribution in [-0.4, -0.2) is 37.1 Å². The predicted molar refractivity (Wildman–Crippen MR) is 80.4 cm³/mol. The average molecular weight is 375 g/mol. The number of ether oxygens (including phenoxy) is 1. The molecule has 1 N–H and O–H groups in total. The number of sulfone groups is 1. The molecule has 1 heterocycles. The predicted octanol–water partition coefficient (Wildman–Crippen LogP) is 2.13. The third-order valence-electron chi connectivity index (χ3n) is 4.06. The molecule has 1 aromatic carbocycles. The van der Waals surface area contributed by atoms with Crippen molar-refractivity contribution >= 4 is 31.7 Å². The van der Waals surface area contributed by atoms with E-state index in [0.717, 1.165) is 22.9 Å². The van der Waals surface area contributed by atoms with Crippen LogP contribution >= 0.6 is 15.9 Å². The largest absolute Gasteiger partial charge is 0.487 e. The fraction of sp³-hybridized carbons (Fsp3) is 0.500. The minimum absolute atomic E-state index is 0.0597. The van der Waals surface area contributed by atoms with Crippen LogP contribution < -0.4 is 4.74 Å². The molecule has 0 aromatic heterocycles. The van der Waals surface area contributed by atoms with Crippen molar-refractivity contribution in [3.8, 4) is 5.75 Å². The first-order chi connectivity index (χ1) is 9.80. The molecular formula is C14H15BrO5S. The standard InChI is InChI=1S/C14H15BrO5S/c15-11-5-9(14(3-4-14)6-13(16)17)1-2-12(11)20-10-7-21(18,19)8-10/h1-2,5,10H,3-4,6-8H2,(H,16,17). The number of hydrogen-bond donors (Lipinski definition) is 1. The van der Waals surface area contributed by atoms with Gasteiger partial charge in [0.2, 0.25) is 0 Å². The highest BCUT2D eigenvalue weighted by Crippen LogP contribution is 2.52. The third-order valence-corrected chi connectivity index (χ3v) is 6.44. The molecule has 1 aliphatic carbocycles. The molecule has 3 rings (SSSR count). The lowest BCUT2D eigenvalue weighted by molar-refractivity contribution is -0.137. The van der Waals surface area contributed by atoms with Gasteiger partial charge in [-0.25, -0.2) is 8.42 Å². The number of carboxylic acid groups (broad SMARTS) is 1. The van der Waals surface area contributed by atoms with E-state index < -0.39 is 15.8 Å². The second kappa shape index (κ2) is 4.98. The summed E-state index contributed by atoms with van der Waals surface area (Å²) < 4.78 is 28.6. The maximum absolute atomic E-state index is 11.1. The Hall–Kier alpha value is -1.08. The van der Waals surface area contributed by atoms with Crippen LogP contribution in [0.3, 0.4) is 0 Å². The van der Waals surface area contributed by atoms with Gasteiger partial charge < -0.3 is 9.84 Å². The van der Waals surface area contributed by atoms with E-state index in [-0.39, 0.29) is 29.4 Å². The second-order valence-corrected chi connectivity index (χ2v) is 8.82. The Morgan fingerprint density at radius 1 is 1.38 bits per heavy atom. The molecule has 0 amide bonds. The van der Waals surface area contributed by atoms with Crippen LogP contribution in [0.2, 0.25) is 0 Å². The summed E-state index contributed by atoms with van der Waals surface area (Å²) in [5, 5.41) is 8.99. The number of aliphatic carboxylic acids is 1.